The molecule has 2 N–H and O–H groups in total. The molecule has 0 aliphatic heterocycles. The van der Waals surface area contributed by atoms with Crippen LogP contribution in [0.2, 0.25) is 0 Å². The molecule has 0 aliphatic rings. The zero-order valence-corrected chi connectivity index (χ0v) is 18.4. The molecule has 3 aromatic rings. The molecule has 0 bridgehead atoms. The molecule has 0 atom stereocenters. The maximum atomic E-state index is 11.4. The zero-order chi connectivity index (χ0) is 22.5. The van der Waals surface area contributed by atoms with Gasteiger partial charge in [0.1, 0.15) is 0 Å². The number of aromatic nitrogens is 3. The van der Waals surface area contributed by atoms with E-state index in [9.17, 15) is 14.9 Å². The quantitative estimate of drug-likeness (QED) is 0.306. The number of hydrogen-bond acceptors (Lipinski definition) is 7. The highest BCUT2D eigenvalue weighted by molar-refractivity contribution is 7.98. The third-order valence-corrected chi connectivity index (χ3v) is 6.08. The first-order valence-electron chi connectivity index (χ1n) is 9.80. The average Bonchev–Trinajstić information content (AvgIpc) is 3.13. The number of nitro benzene ring substituents is 1. The number of nitrogens with two attached hydrogens (primary N) is 1. The van der Waals surface area contributed by atoms with Gasteiger partial charge in [-0.25, -0.2) is 0 Å². The maximum Gasteiger partial charge on any atom is 0.274 e. The number of anilines is 1. The van der Waals surface area contributed by atoms with Gasteiger partial charge in [0.15, 0.2) is 11.0 Å². The van der Waals surface area contributed by atoms with E-state index in [1.165, 1.54) is 23.9 Å². The molecule has 0 unspecified atom stereocenters. The third kappa shape index (κ3) is 4.85. The smallest absolute Gasteiger partial charge is 0.274 e. The lowest BCUT2D eigenvalue weighted by molar-refractivity contribution is -0.385. The molecule has 0 spiro atoms. The van der Waals surface area contributed by atoms with Gasteiger partial charge in [-0.05, 0) is 44.2 Å². The molecule has 0 saturated heterocycles. The fourth-order valence-electron chi connectivity index (χ4n) is 3.25. The van der Waals surface area contributed by atoms with Crippen molar-refractivity contribution in [3.8, 4) is 11.4 Å². The van der Waals surface area contributed by atoms with Crippen LogP contribution in [0.15, 0.2) is 47.6 Å². The van der Waals surface area contributed by atoms with Gasteiger partial charge in [0, 0.05) is 54.3 Å². The summed E-state index contributed by atoms with van der Waals surface area (Å²) in [5.74, 6) is 0.321. The van der Waals surface area contributed by atoms with Crippen LogP contribution in [0.25, 0.3) is 11.4 Å². The molecule has 2 aromatic carbocycles. The van der Waals surface area contributed by atoms with Gasteiger partial charge in [-0.3, -0.25) is 14.9 Å². The number of rotatable bonds is 9. The summed E-state index contributed by atoms with van der Waals surface area (Å²) < 4.78 is 1.86. The topological polar surface area (TPSA) is 120 Å². The van der Waals surface area contributed by atoms with Crippen molar-refractivity contribution in [1.82, 2.24) is 14.8 Å². The van der Waals surface area contributed by atoms with Crippen LogP contribution in [-0.2, 0) is 12.8 Å². The first-order valence-corrected chi connectivity index (χ1v) is 10.8. The Morgan fingerprint density at radius 2 is 1.84 bits per heavy atom. The van der Waals surface area contributed by atoms with Gasteiger partial charge in [0.2, 0.25) is 5.91 Å². The summed E-state index contributed by atoms with van der Waals surface area (Å²) in [5.41, 5.74) is 7.76. The molecule has 1 amide bonds. The number of nitrogens with zero attached hydrogens (tertiary/aromatic N) is 5. The Balaban J connectivity index is 1.79. The van der Waals surface area contributed by atoms with E-state index in [2.05, 4.69) is 41.1 Å². The molecule has 1 aromatic heterocycles. The number of benzene rings is 2. The molecule has 10 heteroatoms. The second kappa shape index (κ2) is 9.61. The van der Waals surface area contributed by atoms with Crippen LogP contribution >= 0.6 is 11.8 Å². The van der Waals surface area contributed by atoms with Crippen LogP contribution in [0.4, 0.5) is 11.4 Å². The van der Waals surface area contributed by atoms with E-state index in [0.29, 0.717) is 22.3 Å². The lowest BCUT2D eigenvalue weighted by Crippen LogP contribution is -2.21. The van der Waals surface area contributed by atoms with Gasteiger partial charge >= 0.3 is 0 Å². The maximum absolute atomic E-state index is 11.4. The van der Waals surface area contributed by atoms with Gasteiger partial charge in [-0.15, -0.1) is 10.2 Å². The molecule has 9 nitrogen and oxygen atoms in total. The summed E-state index contributed by atoms with van der Waals surface area (Å²) in [6.07, 6.45) is 0. The van der Waals surface area contributed by atoms with Gasteiger partial charge in [-0.1, -0.05) is 17.8 Å². The standard InChI is InChI=1S/C21H24N6O3S/c1-4-26(5-2)17-10-8-14(9-11-17)20-23-24-21(25(20)3)31-13-16-7-6-15(19(22)28)12-18(16)27(29)30/h6-12H,4-5,13H2,1-3H3,(H2,22,28). The molecule has 1 heterocycles. The second-order valence-corrected chi connectivity index (χ2v) is 7.78. The Kier molecular flexibility index (Phi) is 6.91. The zero-order valence-electron chi connectivity index (χ0n) is 17.6. The van der Waals surface area contributed by atoms with Crippen LogP contribution in [0.5, 0.6) is 0 Å². The first-order chi connectivity index (χ1) is 14.8. The second-order valence-electron chi connectivity index (χ2n) is 6.84. The number of thioether (sulfide) groups is 1. The van der Waals surface area contributed by atoms with Gasteiger partial charge in [0.25, 0.3) is 5.69 Å². The largest absolute Gasteiger partial charge is 0.372 e. The number of carbonyl (C=O) groups excluding carboxylic acids is 1. The lowest BCUT2D eigenvalue weighted by Gasteiger charge is -2.21. The molecule has 0 saturated carbocycles. The minimum atomic E-state index is -0.702. The Labute approximate surface area is 184 Å². The van der Waals surface area contributed by atoms with Crippen molar-refractivity contribution in [1.29, 1.82) is 0 Å². The van der Waals surface area contributed by atoms with Crippen LogP contribution in [0.1, 0.15) is 29.8 Å². The van der Waals surface area contributed by atoms with Gasteiger partial charge in [0.05, 0.1) is 4.92 Å². The van der Waals surface area contributed by atoms with Crippen molar-refractivity contribution in [2.75, 3.05) is 18.0 Å². The summed E-state index contributed by atoms with van der Waals surface area (Å²) in [7, 11) is 1.86. The molecule has 0 aliphatic carbocycles. The van der Waals surface area contributed by atoms with Crippen molar-refractivity contribution in [3.63, 3.8) is 0 Å². The van der Waals surface area contributed by atoms with E-state index >= 15 is 0 Å². The first kappa shape index (κ1) is 22.3. The molecule has 3 rings (SSSR count). The highest BCUT2D eigenvalue weighted by atomic mass is 32.2. The van der Waals surface area contributed by atoms with Crippen LogP contribution in [0.3, 0.4) is 0 Å². The molecular formula is C21H24N6O3S. The highest BCUT2D eigenvalue weighted by Crippen LogP contribution is 2.30. The van der Waals surface area contributed by atoms with Crippen molar-refractivity contribution in [2.24, 2.45) is 12.8 Å². The number of amides is 1. The lowest BCUT2D eigenvalue weighted by atomic mass is 10.1. The SMILES string of the molecule is CCN(CC)c1ccc(-c2nnc(SCc3ccc(C(N)=O)cc3[N+](=O)[O-])n2C)cc1. The van der Waals surface area contributed by atoms with E-state index in [4.69, 9.17) is 5.73 Å². The van der Waals surface area contributed by atoms with Gasteiger partial charge < -0.3 is 15.2 Å². The van der Waals surface area contributed by atoms with E-state index in [-0.39, 0.29) is 11.3 Å². The van der Waals surface area contributed by atoms with Crippen molar-refractivity contribution in [3.05, 3.63) is 63.7 Å². The molecule has 0 fully saturated rings. The molecular weight excluding hydrogens is 416 g/mol. The van der Waals surface area contributed by atoms with Crippen molar-refractivity contribution < 1.29 is 9.72 Å². The fraction of sp³-hybridized carbons (Fsp3) is 0.286. The van der Waals surface area contributed by atoms with E-state index < -0.39 is 10.8 Å². The number of hydrogen-bond donors (Lipinski definition) is 1. The molecule has 31 heavy (non-hydrogen) atoms. The minimum absolute atomic E-state index is 0.106. The van der Waals surface area contributed by atoms with E-state index in [1.807, 2.05) is 23.7 Å². The number of carbonyl (C=O) groups is 1. The highest BCUT2D eigenvalue weighted by Gasteiger charge is 2.18. The number of nitro groups is 1. The molecule has 0 radical (unpaired) electrons. The monoisotopic (exact) mass is 440 g/mol. The Hall–Kier alpha value is -3.40. The normalized spacial score (nSPS) is 10.8. The van der Waals surface area contributed by atoms with Crippen molar-refractivity contribution >= 4 is 29.0 Å². The molecule has 162 valence electrons. The Bertz CT molecular complexity index is 1090. The summed E-state index contributed by atoms with van der Waals surface area (Å²) in [4.78, 5) is 24.5. The minimum Gasteiger partial charge on any atom is -0.372 e. The average molecular weight is 441 g/mol. The summed E-state index contributed by atoms with van der Waals surface area (Å²) in [5, 5.41) is 20.6. The third-order valence-electron chi connectivity index (χ3n) is 5.01. The van der Waals surface area contributed by atoms with Gasteiger partial charge in [-0.2, -0.15) is 0 Å². The van der Waals surface area contributed by atoms with E-state index in [1.54, 1.807) is 6.07 Å². The van der Waals surface area contributed by atoms with Crippen molar-refractivity contribution in [2.45, 2.75) is 24.8 Å². The predicted molar refractivity (Wildman–Crippen MR) is 121 cm³/mol. The van der Waals surface area contributed by atoms with Crippen LogP contribution in [0, 0.1) is 10.1 Å². The Morgan fingerprint density at radius 3 is 2.42 bits per heavy atom. The summed E-state index contributed by atoms with van der Waals surface area (Å²) in [6, 6.07) is 12.4. The summed E-state index contributed by atoms with van der Waals surface area (Å²) >= 11 is 1.34. The summed E-state index contributed by atoms with van der Waals surface area (Å²) in [6.45, 7) is 6.12. The number of primary amides is 1. The fourth-order valence-corrected chi connectivity index (χ4v) is 4.16. The predicted octanol–water partition coefficient (Wildman–Crippen LogP) is 3.63. The van der Waals surface area contributed by atoms with Crippen LogP contribution in [-0.4, -0.2) is 38.7 Å². The van der Waals surface area contributed by atoms with E-state index in [0.717, 1.165) is 24.3 Å². The Morgan fingerprint density at radius 1 is 1.16 bits per heavy atom. The van der Waals surface area contributed by atoms with Crippen LogP contribution < -0.4 is 10.6 Å².